The Balaban J connectivity index is 1.74. The number of sulfonamides is 1. The van der Waals surface area contributed by atoms with E-state index in [1.54, 1.807) is 30.3 Å². The molecule has 170 valence electrons. The molecule has 0 aliphatic heterocycles. The first-order chi connectivity index (χ1) is 15.2. The molecule has 0 atom stereocenters. The molecule has 32 heavy (non-hydrogen) atoms. The van der Waals surface area contributed by atoms with E-state index < -0.39 is 15.8 Å². The summed E-state index contributed by atoms with van der Waals surface area (Å²) in [5.41, 5.74) is 2.07. The van der Waals surface area contributed by atoms with Crippen LogP contribution in [0.2, 0.25) is 10.0 Å². The Morgan fingerprint density at radius 1 is 0.938 bits per heavy atom. The topological polar surface area (TPSA) is 90.6 Å². The van der Waals surface area contributed by atoms with Crippen LogP contribution >= 0.6 is 23.2 Å². The Hall–Kier alpha value is -2.52. The zero-order valence-electron chi connectivity index (χ0n) is 17.1. The SMILES string of the molecule is CCOc1cc(CNc2ccc(S(N)(=O)=O)cc2)c(Cl)cc1OCc1ccc(F)cc1Cl. The summed E-state index contributed by atoms with van der Waals surface area (Å²) >= 11 is 12.5. The fraction of sp³-hybridized carbons (Fsp3) is 0.182. The van der Waals surface area contributed by atoms with E-state index in [9.17, 15) is 12.8 Å². The van der Waals surface area contributed by atoms with E-state index in [0.29, 0.717) is 40.9 Å². The van der Waals surface area contributed by atoms with Crippen LogP contribution in [0.25, 0.3) is 0 Å². The second-order valence-electron chi connectivity index (χ2n) is 6.77. The van der Waals surface area contributed by atoms with Gasteiger partial charge in [0.1, 0.15) is 12.4 Å². The second kappa shape index (κ2) is 10.4. The second-order valence-corrected chi connectivity index (χ2v) is 9.15. The maximum atomic E-state index is 13.2. The molecule has 0 saturated carbocycles. The minimum absolute atomic E-state index is 0.0301. The van der Waals surface area contributed by atoms with E-state index in [2.05, 4.69) is 5.32 Å². The third kappa shape index (κ3) is 6.26. The molecule has 3 aromatic carbocycles. The molecule has 0 saturated heterocycles. The maximum Gasteiger partial charge on any atom is 0.238 e. The lowest BCUT2D eigenvalue weighted by Gasteiger charge is -2.16. The molecule has 0 heterocycles. The van der Waals surface area contributed by atoms with Gasteiger partial charge in [0, 0.05) is 28.9 Å². The lowest BCUT2D eigenvalue weighted by Crippen LogP contribution is -2.12. The van der Waals surface area contributed by atoms with E-state index >= 15 is 0 Å². The molecule has 0 aromatic heterocycles. The van der Waals surface area contributed by atoms with Crippen molar-refractivity contribution in [3.05, 3.63) is 81.6 Å². The normalized spacial score (nSPS) is 11.3. The first-order valence-electron chi connectivity index (χ1n) is 9.56. The summed E-state index contributed by atoms with van der Waals surface area (Å²) in [5.74, 6) is 0.503. The van der Waals surface area contributed by atoms with Gasteiger partial charge in [-0.05, 0) is 55.0 Å². The Morgan fingerprint density at radius 3 is 2.22 bits per heavy atom. The van der Waals surface area contributed by atoms with E-state index in [1.165, 1.54) is 24.3 Å². The molecule has 0 amide bonds. The molecule has 3 rings (SSSR count). The minimum atomic E-state index is -3.75. The molecule has 3 aromatic rings. The summed E-state index contributed by atoms with van der Waals surface area (Å²) in [5, 5.41) is 9.00. The molecule has 10 heteroatoms. The van der Waals surface area contributed by atoms with Crippen molar-refractivity contribution in [1.29, 1.82) is 0 Å². The van der Waals surface area contributed by atoms with Crippen LogP contribution in [0.1, 0.15) is 18.1 Å². The molecule has 3 N–H and O–H groups in total. The van der Waals surface area contributed by atoms with Gasteiger partial charge < -0.3 is 14.8 Å². The van der Waals surface area contributed by atoms with Gasteiger partial charge in [0.15, 0.2) is 11.5 Å². The number of halogens is 3. The fourth-order valence-electron chi connectivity index (χ4n) is 2.85. The van der Waals surface area contributed by atoms with Gasteiger partial charge in [-0.15, -0.1) is 0 Å². The lowest BCUT2D eigenvalue weighted by molar-refractivity contribution is 0.269. The van der Waals surface area contributed by atoms with Gasteiger partial charge in [-0.2, -0.15) is 0 Å². The zero-order valence-corrected chi connectivity index (χ0v) is 19.4. The van der Waals surface area contributed by atoms with E-state index in [1.807, 2.05) is 6.92 Å². The van der Waals surface area contributed by atoms with Gasteiger partial charge in [-0.1, -0.05) is 29.3 Å². The standard InChI is InChI=1S/C22H21Cl2FN2O4S/c1-2-30-21-9-15(12-27-17-5-7-18(8-6-17)32(26,28)29)20(24)11-22(21)31-13-14-3-4-16(25)10-19(14)23/h3-11,27H,2,12-13H2,1H3,(H2,26,28,29). The van der Waals surface area contributed by atoms with Crippen LogP contribution in [0.5, 0.6) is 11.5 Å². The van der Waals surface area contributed by atoms with Gasteiger partial charge in [0.2, 0.25) is 10.0 Å². The molecular weight excluding hydrogens is 478 g/mol. The Labute approximate surface area is 196 Å². The predicted octanol–water partition coefficient (Wildman–Crippen LogP) is 5.37. The van der Waals surface area contributed by atoms with Crippen molar-refractivity contribution in [2.24, 2.45) is 5.14 Å². The molecule has 0 aliphatic rings. The first kappa shape index (κ1) is 24.1. The summed E-state index contributed by atoms with van der Waals surface area (Å²) < 4.78 is 47.5. The van der Waals surface area contributed by atoms with E-state index in [-0.39, 0.29) is 16.5 Å². The molecule has 0 aliphatic carbocycles. The number of ether oxygens (including phenoxy) is 2. The van der Waals surface area contributed by atoms with Gasteiger partial charge in [0.25, 0.3) is 0 Å². The molecule has 6 nitrogen and oxygen atoms in total. The zero-order chi connectivity index (χ0) is 23.3. The third-order valence-corrected chi connectivity index (χ3v) is 6.11. The summed E-state index contributed by atoms with van der Waals surface area (Å²) in [7, 11) is -3.75. The van der Waals surface area contributed by atoms with Crippen LogP contribution in [-0.4, -0.2) is 15.0 Å². The summed E-state index contributed by atoms with van der Waals surface area (Å²) in [6.07, 6.45) is 0. The van der Waals surface area contributed by atoms with Crippen molar-refractivity contribution in [2.45, 2.75) is 25.0 Å². The van der Waals surface area contributed by atoms with Crippen molar-refractivity contribution in [1.82, 2.24) is 0 Å². The first-order valence-corrected chi connectivity index (χ1v) is 11.9. The number of nitrogens with two attached hydrogens (primary N) is 1. The number of nitrogens with one attached hydrogen (secondary N) is 1. The number of rotatable bonds is 9. The van der Waals surface area contributed by atoms with Gasteiger partial charge in [-0.3, -0.25) is 0 Å². The highest BCUT2D eigenvalue weighted by Crippen LogP contribution is 2.35. The van der Waals surface area contributed by atoms with Crippen LogP contribution in [0.3, 0.4) is 0 Å². The average Bonchev–Trinajstić information content (AvgIpc) is 2.73. The quantitative estimate of drug-likeness (QED) is 0.413. The van der Waals surface area contributed by atoms with Crippen molar-refractivity contribution >= 4 is 38.9 Å². The van der Waals surface area contributed by atoms with Gasteiger partial charge in [-0.25, -0.2) is 17.9 Å². The summed E-state index contributed by atoms with van der Waals surface area (Å²) in [4.78, 5) is 0.0301. The van der Waals surface area contributed by atoms with Crippen molar-refractivity contribution < 1.29 is 22.3 Å². The van der Waals surface area contributed by atoms with Crippen LogP contribution in [0.15, 0.2) is 59.5 Å². The third-order valence-electron chi connectivity index (χ3n) is 4.48. The van der Waals surface area contributed by atoms with Crippen LogP contribution in [0, 0.1) is 5.82 Å². The van der Waals surface area contributed by atoms with E-state index in [4.69, 9.17) is 37.8 Å². The molecule has 0 unspecified atom stereocenters. The monoisotopic (exact) mass is 498 g/mol. The number of anilines is 1. The minimum Gasteiger partial charge on any atom is -0.490 e. The smallest absolute Gasteiger partial charge is 0.238 e. The summed E-state index contributed by atoms with van der Waals surface area (Å²) in [6, 6.07) is 13.6. The predicted molar refractivity (Wildman–Crippen MR) is 124 cm³/mol. The van der Waals surface area contributed by atoms with Gasteiger partial charge >= 0.3 is 0 Å². The highest BCUT2D eigenvalue weighted by atomic mass is 35.5. The maximum absolute atomic E-state index is 13.2. The summed E-state index contributed by atoms with van der Waals surface area (Å²) in [6.45, 7) is 2.73. The fourth-order valence-corrected chi connectivity index (χ4v) is 3.81. The number of hydrogen-bond acceptors (Lipinski definition) is 5. The molecule has 0 fully saturated rings. The van der Waals surface area contributed by atoms with Crippen molar-refractivity contribution in [3.63, 3.8) is 0 Å². The largest absolute Gasteiger partial charge is 0.490 e. The molecule has 0 bridgehead atoms. The van der Waals surface area contributed by atoms with E-state index in [0.717, 1.165) is 5.56 Å². The van der Waals surface area contributed by atoms with Crippen LogP contribution < -0.4 is 19.9 Å². The van der Waals surface area contributed by atoms with Crippen LogP contribution in [0.4, 0.5) is 10.1 Å². The molecule has 0 radical (unpaired) electrons. The Bertz CT molecular complexity index is 1210. The van der Waals surface area contributed by atoms with Gasteiger partial charge in [0.05, 0.1) is 16.5 Å². The highest BCUT2D eigenvalue weighted by Gasteiger charge is 2.13. The molecular formula is C22H21Cl2FN2O4S. The van der Waals surface area contributed by atoms with Crippen LogP contribution in [-0.2, 0) is 23.2 Å². The van der Waals surface area contributed by atoms with Crippen molar-refractivity contribution in [3.8, 4) is 11.5 Å². The average molecular weight is 499 g/mol. The number of benzene rings is 3. The van der Waals surface area contributed by atoms with Crippen molar-refractivity contribution in [2.75, 3.05) is 11.9 Å². The molecule has 0 spiro atoms. The number of hydrogen-bond donors (Lipinski definition) is 2. The number of primary sulfonamides is 1. The highest BCUT2D eigenvalue weighted by molar-refractivity contribution is 7.89. The lowest BCUT2D eigenvalue weighted by atomic mass is 10.2. The Morgan fingerprint density at radius 2 is 1.59 bits per heavy atom. The Kier molecular flexibility index (Phi) is 7.84.